The molecule has 1 heterocycles. The lowest BCUT2D eigenvalue weighted by Gasteiger charge is -2.26. The molecule has 0 unspecified atom stereocenters. The highest BCUT2D eigenvalue weighted by molar-refractivity contribution is 5.83. The van der Waals surface area contributed by atoms with Gasteiger partial charge in [0.2, 0.25) is 5.83 Å². The lowest BCUT2D eigenvalue weighted by atomic mass is 9.96. The van der Waals surface area contributed by atoms with E-state index in [1.165, 1.54) is 6.08 Å². The van der Waals surface area contributed by atoms with Crippen molar-refractivity contribution in [1.82, 2.24) is 4.90 Å². The van der Waals surface area contributed by atoms with Crippen molar-refractivity contribution in [2.45, 2.75) is 12.8 Å². The highest BCUT2D eigenvalue weighted by Crippen LogP contribution is 2.19. The van der Waals surface area contributed by atoms with E-state index in [2.05, 4.69) is 4.90 Å². The first-order chi connectivity index (χ1) is 6.09. The third-order valence-electron chi connectivity index (χ3n) is 2.35. The van der Waals surface area contributed by atoms with Crippen LogP contribution in [0.5, 0.6) is 0 Å². The number of halogens is 1. The Bertz CT molecular complexity index is 220. The van der Waals surface area contributed by atoms with Gasteiger partial charge in [0.1, 0.15) is 0 Å². The molecule has 0 aromatic carbocycles. The molecule has 0 aromatic heterocycles. The highest BCUT2D eigenvalue weighted by atomic mass is 19.1. The first-order valence-electron chi connectivity index (χ1n) is 4.38. The number of aliphatic carboxylic acids is 1. The third kappa shape index (κ3) is 3.14. The molecular formula is C9H14FNO2. The van der Waals surface area contributed by atoms with E-state index in [-0.39, 0.29) is 5.92 Å². The zero-order chi connectivity index (χ0) is 9.84. The van der Waals surface area contributed by atoms with Gasteiger partial charge in [0.25, 0.3) is 0 Å². The van der Waals surface area contributed by atoms with Crippen LogP contribution in [0.1, 0.15) is 12.8 Å². The molecule has 0 aromatic rings. The fraction of sp³-hybridized carbons (Fsp3) is 0.667. The van der Waals surface area contributed by atoms with Gasteiger partial charge in [0.05, 0.1) is 0 Å². The van der Waals surface area contributed by atoms with Crippen LogP contribution >= 0.6 is 0 Å². The Hall–Kier alpha value is -0.900. The fourth-order valence-corrected chi connectivity index (χ4v) is 1.47. The first kappa shape index (κ1) is 10.2. The van der Waals surface area contributed by atoms with Crippen molar-refractivity contribution in [1.29, 1.82) is 0 Å². The van der Waals surface area contributed by atoms with E-state index in [1.54, 1.807) is 0 Å². The Labute approximate surface area is 76.8 Å². The normalized spacial score (nSPS) is 21.8. The first-order valence-corrected chi connectivity index (χ1v) is 4.38. The van der Waals surface area contributed by atoms with Gasteiger partial charge in [-0.05, 0) is 45.0 Å². The number of hydrogen-bond acceptors (Lipinski definition) is 2. The van der Waals surface area contributed by atoms with Gasteiger partial charge in [-0.15, -0.1) is 0 Å². The number of nitrogens with zero attached hydrogens (tertiary/aromatic N) is 1. The topological polar surface area (TPSA) is 40.5 Å². The molecule has 0 amide bonds. The Morgan fingerprint density at radius 1 is 1.54 bits per heavy atom. The van der Waals surface area contributed by atoms with E-state index in [0.717, 1.165) is 25.9 Å². The molecule has 1 saturated heterocycles. The predicted octanol–water partition coefficient (Wildman–Crippen LogP) is 1.27. The van der Waals surface area contributed by atoms with Crippen molar-refractivity contribution in [3.05, 3.63) is 11.9 Å². The number of likely N-dealkylation sites (tertiary alicyclic amines) is 1. The van der Waals surface area contributed by atoms with Gasteiger partial charge in [-0.2, -0.15) is 4.39 Å². The summed E-state index contributed by atoms with van der Waals surface area (Å²) >= 11 is 0. The van der Waals surface area contributed by atoms with Crippen LogP contribution in [0.15, 0.2) is 11.9 Å². The van der Waals surface area contributed by atoms with Crippen LogP contribution in [0.2, 0.25) is 0 Å². The Morgan fingerprint density at radius 2 is 2.08 bits per heavy atom. The largest absolute Gasteiger partial charge is 0.476 e. The smallest absolute Gasteiger partial charge is 0.364 e. The molecule has 0 radical (unpaired) electrons. The molecule has 13 heavy (non-hydrogen) atoms. The van der Waals surface area contributed by atoms with Gasteiger partial charge in [-0.1, -0.05) is 0 Å². The van der Waals surface area contributed by atoms with E-state index in [1.807, 2.05) is 7.05 Å². The summed E-state index contributed by atoms with van der Waals surface area (Å²) in [5.41, 5.74) is 0. The molecule has 1 rings (SSSR count). The maximum absolute atomic E-state index is 12.7. The van der Waals surface area contributed by atoms with Gasteiger partial charge in [0, 0.05) is 0 Å². The lowest BCUT2D eigenvalue weighted by molar-refractivity contribution is -0.134. The van der Waals surface area contributed by atoms with Crippen molar-refractivity contribution < 1.29 is 14.3 Å². The van der Waals surface area contributed by atoms with Crippen LogP contribution in [-0.4, -0.2) is 36.1 Å². The van der Waals surface area contributed by atoms with Crippen molar-refractivity contribution in [2.75, 3.05) is 20.1 Å². The second-order valence-corrected chi connectivity index (χ2v) is 3.46. The summed E-state index contributed by atoms with van der Waals surface area (Å²) in [5.74, 6) is -2.39. The minimum Gasteiger partial charge on any atom is -0.476 e. The van der Waals surface area contributed by atoms with Crippen LogP contribution in [0, 0.1) is 5.92 Å². The summed E-state index contributed by atoms with van der Waals surface area (Å²) < 4.78 is 12.7. The Morgan fingerprint density at radius 3 is 2.54 bits per heavy atom. The molecule has 1 aliphatic rings. The molecule has 0 spiro atoms. The zero-order valence-electron chi connectivity index (χ0n) is 7.66. The van der Waals surface area contributed by atoms with Gasteiger partial charge in [-0.25, -0.2) is 4.79 Å². The molecule has 0 saturated carbocycles. The van der Waals surface area contributed by atoms with Crippen LogP contribution in [0.3, 0.4) is 0 Å². The molecule has 1 fully saturated rings. The zero-order valence-corrected chi connectivity index (χ0v) is 7.66. The molecular weight excluding hydrogens is 173 g/mol. The second-order valence-electron chi connectivity index (χ2n) is 3.46. The average molecular weight is 187 g/mol. The third-order valence-corrected chi connectivity index (χ3v) is 2.35. The number of hydrogen-bond donors (Lipinski definition) is 1. The SMILES string of the molecule is CN1CCC(/C=C(\F)C(=O)O)CC1. The maximum Gasteiger partial charge on any atom is 0.364 e. The minimum atomic E-state index is -1.46. The number of carboxylic acid groups (broad SMARTS) is 1. The van der Waals surface area contributed by atoms with E-state index >= 15 is 0 Å². The van der Waals surface area contributed by atoms with E-state index < -0.39 is 11.8 Å². The molecule has 0 atom stereocenters. The minimum absolute atomic E-state index is 0.0901. The molecule has 0 bridgehead atoms. The van der Waals surface area contributed by atoms with Gasteiger partial charge in [0.15, 0.2) is 0 Å². The quantitative estimate of drug-likeness (QED) is 0.662. The van der Waals surface area contributed by atoms with Crippen molar-refractivity contribution in [2.24, 2.45) is 5.92 Å². The number of carboxylic acids is 1. The molecule has 3 nitrogen and oxygen atoms in total. The number of rotatable bonds is 2. The summed E-state index contributed by atoms with van der Waals surface area (Å²) in [6, 6.07) is 0. The van der Waals surface area contributed by atoms with Crippen molar-refractivity contribution >= 4 is 5.97 Å². The summed E-state index contributed by atoms with van der Waals surface area (Å²) in [7, 11) is 2.01. The van der Waals surface area contributed by atoms with Gasteiger partial charge in [-0.3, -0.25) is 0 Å². The second kappa shape index (κ2) is 4.37. The highest BCUT2D eigenvalue weighted by Gasteiger charge is 2.17. The average Bonchev–Trinajstić information content (AvgIpc) is 2.08. The predicted molar refractivity (Wildman–Crippen MR) is 47.0 cm³/mol. The lowest BCUT2D eigenvalue weighted by Crippen LogP contribution is -2.29. The van der Waals surface area contributed by atoms with Crippen LogP contribution in [0.4, 0.5) is 4.39 Å². The number of piperidine rings is 1. The molecule has 0 aliphatic carbocycles. The summed E-state index contributed by atoms with van der Waals surface area (Å²) in [6.07, 6.45) is 2.92. The summed E-state index contributed by atoms with van der Waals surface area (Å²) in [5, 5.41) is 8.31. The summed E-state index contributed by atoms with van der Waals surface area (Å²) in [4.78, 5) is 12.3. The fourth-order valence-electron chi connectivity index (χ4n) is 1.47. The van der Waals surface area contributed by atoms with Crippen molar-refractivity contribution in [3.63, 3.8) is 0 Å². The monoisotopic (exact) mass is 187 g/mol. The van der Waals surface area contributed by atoms with Crippen LogP contribution < -0.4 is 0 Å². The van der Waals surface area contributed by atoms with Crippen LogP contribution in [0.25, 0.3) is 0 Å². The standard InChI is InChI=1S/C9H14FNO2/c1-11-4-2-7(3-5-11)6-8(10)9(12)13/h6-7H,2-5H2,1H3,(H,12,13)/b8-6-. The van der Waals surface area contributed by atoms with Gasteiger partial charge < -0.3 is 10.0 Å². The Balaban J connectivity index is 2.46. The summed E-state index contributed by atoms with van der Waals surface area (Å²) in [6.45, 7) is 1.82. The molecule has 1 N–H and O–H groups in total. The number of carbonyl (C=O) groups is 1. The molecule has 74 valence electrons. The van der Waals surface area contributed by atoms with E-state index in [4.69, 9.17) is 5.11 Å². The van der Waals surface area contributed by atoms with E-state index in [0.29, 0.717) is 0 Å². The molecule has 4 heteroatoms. The molecule has 1 aliphatic heterocycles. The Kier molecular flexibility index (Phi) is 3.42. The van der Waals surface area contributed by atoms with Gasteiger partial charge >= 0.3 is 5.97 Å². The van der Waals surface area contributed by atoms with E-state index in [9.17, 15) is 9.18 Å². The van der Waals surface area contributed by atoms with Crippen LogP contribution in [-0.2, 0) is 4.79 Å². The maximum atomic E-state index is 12.7. The van der Waals surface area contributed by atoms with Crippen molar-refractivity contribution in [3.8, 4) is 0 Å². The number of allylic oxidation sites excluding steroid dienone is 1.